The monoisotopic (exact) mass is 496 g/mol. The highest BCUT2D eigenvalue weighted by molar-refractivity contribution is 5.94. The maximum Gasteiger partial charge on any atom is 0.336 e. The van der Waals surface area contributed by atoms with Gasteiger partial charge in [0.1, 0.15) is 17.4 Å². The number of nitrogens with one attached hydrogen (secondary N) is 2. The largest absolute Gasteiger partial charge is 0.481 e. The molecule has 0 bridgehead atoms. The van der Waals surface area contributed by atoms with Crippen molar-refractivity contribution in [2.24, 2.45) is 0 Å². The molecule has 0 aliphatic rings. The third-order valence-electron chi connectivity index (χ3n) is 6.20. The zero-order valence-corrected chi connectivity index (χ0v) is 19.9. The minimum Gasteiger partial charge on any atom is -0.481 e. The third kappa shape index (κ3) is 5.08. The first-order chi connectivity index (χ1) is 17.9. The van der Waals surface area contributed by atoms with Crippen molar-refractivity contribution in [1.29, 1.82) is 0 Å². The number of aromatic amines is 1. The summed E-state index contributed by atoms with van der Waals surface area (Å²) >= 11 is 0. The molecule has 2 aromatic heterocycles. The van der Waals surface area contributed by atoms with Gasteiger partial charge in [-0.05, 0) is 41.8 Å². The summed E-state index contributed by atoms with van der Waals surface area (Å²) in [6, 6.07) is 22.3. The summed E-state index contributed by atoms with van der Waals surface area (Å²) in [5, 5.41) is 13.9. The van der Waals surface area contributed by atoms with Crippen LogP contribution < -0.4 is 15.7 Å². The number of amides is 1. The van der Waals surface area contributed by atoms with E-state index in [4.69, 9.17) is 9.15 Å². The Morgan fingerprint density at radius 2 is 1.76 bits per heavy atom. The van der Waals surface area contributed by atoms with Crippen molar-refractivity contribution in [3.63, 3.8) is 0 Å². The van der Waals surface area contributed by atoms with Gasteiger partial charge in [-0.1, -0.05) is 48.5 Å². The van der Waals surface area contributed by atoms with E-state index in [1.165, 1.54) is 13.0 Å². The Hall–Kier alpha value is -4.85. The quantitative estimate of drug-likeness (QED) is 0.272. The van der Waals surface area contributed by atoms with Crippen molar-refractivity contribution in [3.8, 4) is 16.9 Å². The second-order valence-electron chi connectivity index (χ2n) is 8.73. The number of carbonyl (C=O) groups is 2. The summed E-state index contributed by atoms with van der Waals surface area (Å²) in [6.45, 7) is 1.53. The van der Waals surface area contributed by atoms with Crippen LogP contribution >= 0.6 is 0 Å². The van der Waals surface area contributed by atoms with Gasteiger partial charge >= 0.3 is 11.6 Å². The number of hydrogen-bond acceptors (Lipinski definition) is 5. The molecule has 0 aliphatic heterocycles. The van der Waals surface area contributed by atoms with Crippen LogP contribution in [0.3, 0.4) is 0 Å². The lowest BCUT2D eigenvalue weighted by Crippen LogP contribution is -2.47. The van der Waals surface area contributed by atoms with Crippen molar-refractivity contribution < 1.29 is 23.8 Å². The van der Waals surface area contributed by atoms with Crippen LogP contribution in [-0.2, 0) is 16.0 Å². The Bertz CT molecular complexity index is 1650. The van der Waals surface area contributed by atoms with E-state index in [-0.39, 0.29) is 6.42 Å². The molecular weight excluding hydrogens is 472 g/mol. The maximum absolute atomic E-state index is 12.8. The number of benzene rings is 3. The van der Waals surface area contributed by atoms with Gasteiger partial charge in [-0.3, -0.25) is 4.79 Å². The summed E-state index contributed by atoms with van der Waals surface area (Å²) < 4.78 is 11.2. The van der Waals surface area contributed by atoms with Gasteiger partial charge in [0.05, 0.1) is 0 Å². The SMILES string of the molecule is C[C@H](Oc1ccc2c(-c3ccccc3)cc(=O)oc2c1)C(=O)N[C@H](Cc1c[nH]c2ccccc12)C(=O)O. The number of H-pyrrole nitrogens is 1. The molecule has 8 nitrogen and oxygen atoms in total. The Kier molecular flexibility index (Phi) is 6.47. The van der Waals surface area contributed by atoms with Gasteiger partial charge in [0, 0.05) is 41.0 Å². The average molecular weight is 497 g/mol. The summed E-state index contributed by atoms with van der Waals surface area (Å²) in [5.41, 5.74) is 3.09. The first-order valence-corrected chi connectivity index (χ1v) is 11.8. The number of carboxylic acids is 1. The molecule has 5 aromatic rings. The lowest BCUT2D eigenvalue weighted by atomic mass is 10.0. The number of carbonyl (C=O) groups excluding carboxylic acids is 1. The van der Waals surface area contributed by atoms with E-state index < -0.39 is 29.6 Å². The number of fused-ring (bicyclic) bond motifs is 2. The van der Waals surface area contributed by atoms with Gasteiger partial charge in [0.25, 0.3) is 5.91 Å². The second-order valence-corrected chi connectivity index (χ2v) is 8.73. The minimum absolute atomic E-state index is 0.112. The van der Waals surface area contributed by atoms with Crippen molar-refractivity contribution in [2.75, 3.05) is 0 Å². The molecule has 5 rings (SSSR count). The van der Waals surface area contributed by atoms with Crippen molar-refractivity contribution in [3.05, 3.63) is 101 Å². The van der Waals surface area contributed by atoms with Gasteiger partial charge in [-0.25, -0.2) is 9.59 Å². The number of hydrogen-bond donors (Lipinski definition) is 3. The lowest BCUT2D eigenvalue weighted by Gasteiger charge is -2.19. The van der Waals surface area contributed by atoms with Gasteiger partial charge in [-0.15, -0.1) is 0 Å². The first kappa shape index (κ1) is 23.9. The van der Waals surface area contributed by atoms with Gasteiger partial charge in [0.15, 0.2) is 6.10 Å². The smallest absolute Gasteiger partial charge is 0.336 e. The molecule has 2 heterocycles. The molecule has 0 spiro atoms. The topological polar surface area (TPSA) is 122 Å². The van der Waals surface area contributed by atoms with Crippen LogP contribution in [0.15, 0.2) is 94.3 Å². The van der Waals surface area contributed by atoms with Crippen LogP contribution in [0, 0.1) is 0 Å². The van der Waals surface area contributed by atoms with E-state index in [0.717, 1.165) is 33.0 Å². The fourth-order valence-corrected chi connectivity index (χ4v) is 4.34. The molecule has 37 heavy (non-hydrogen) atoms. The Balaban J connectivity index is 1.32. The van der Waals surface area contributed by atoms with E-state index in [1.54, 1.807) is 24.4 Å². The minimum atomic E-state index is -1.15. The van der Waals surface area contributed by atoms with Crippen LogP contribution in [-0.4, -0.2) is 34.1 Å². The Labute approximate surface area is 211 Å². The van der Waals surface area contributed by atoms with Crippen LogP contribution in [0.2, 0.25) is 0 Å². The van der Waals surface area contributed by atoms with Crippen LogP contribution in [0.5, 0.6) is 5.75 Å². The summed E-state index contributed by atoms with van der Waals surface area (Å²) in [5.74, 6) is -1.41. The van der Waals surface area contributed by atoms with Crippen molar-refractivity contribution in [2.45, 2.75) is 25.5 Å². The Morgan fingerprint density at radius 1 is 1.00 bits per heavy atom. The lowest BCUT2D eigenvalue weighted by molar-refractivity contribution is -0.142. The van der Waals surface area contributed by atoms with E-state index >= 15 is 0 Å². The number of ether oxygens (including phenoxy) is 1. The van der Waals surface area contributed by atoms with E-state index in [2.05, 4.69) is 10.3 Å². The molecule has 0 unspecified atom stereocenters. The number of carboxylic acid groups (broad SMARTS) is 1. The van der Waals surface area contributed by atoms with Crippen molar-refractivity contribution >= 4 is 33.7 Å². The number of para-hydroxylation sites is 1. The zero-order valence-electron chi connectivity index (χ0n) is 19.9. The molecule has 0 saturated heterocycles. The molecule has 186 valence electrons. The molecule has 0 radical (unpaired) electrons. The highest BCUT2D eigenvalue weighted by atomic mass is 16.5. The van der Waals surface area contributed by atoms with E-state index in [9.17, 15) is 19.5 Å². The molecule has 2 atom stereocenters. The zero-order chi connectivity index (χ0) is 25.9. The summed E-state index contributed by atoms with van der Waals surface area (Å²) in [4.78, 5) is 40.0. The Morgan fingerprint density at radius 3 is 2.54 bits per heavy atom. The van der Waals surface area contributed by atoms with Crippen molar-refractivity contribution in [1.82, 2.24) is 10.3 Å². The van der Waals surface area contributed by atoms with E-state index in [1.807, 2.05) is 54.6 Å². The molecule has 3 N–H and O–H groups in total. The number of aliphatic carboxylic acids is 1. The molecule has 1 amide bonds. The molecule has 0 aliphatic carbocycles. The average Bonchev–Trinajstić information content (AvgIpc) is 3.30. The number of aromatic nitrogens is 1. The third-order valence-corrected chi connectivity index (χ3v) is 6.20. The highest BCUT2D eigenvalue weighted by Crippen LogP contribution is 2.30. The van der Waals surface area contributed by atoms with Crippen LogP contribution in [0.4, 0.5) is 0 Å². The molecule has 0 fully saturated rings. The first-order valence-electron chi connectivity index (χ1n) is 11.8. The fraction of sp³-hybridized carbons (Fsp3) is 0.138. The maximum atomic E-state index is 12.8. The molecule has 3 aromatic carbocycles. The van der Waals surface area contributed by atoms with E-state index in [0.29, 0.717) is 11.3 Å². The molecule has 0 saturated carbocycles. The predicted octanol–water partition coefficient (Wildman–Crippen LogP) is 4.52. The standard InChI is InChI=1S/C29H24N2O6/c1-17(28(33)31-25(29(34)35)13-19-16-30-24-10-6-5-9-21(19)24)36-20-11-12-22-23(18-7-3-2-4-8-18)15-27(32)37-26(22)14-20/h2-12,14-17,25,30H,13H2,1H3,(H,31,33)(H,34,35)/t17-,25+/m0/s1. The van der Waals surface area contributed by atoms with Crippen LogP contribution in [0.25, 0.3) is 33.0 Å². The predicted molar refractivity (Wildman–Crippen MR) is 140 cm³/mol. The highest BCUT2D eigenvalue weighted by Gasteiger charge is 2.25. The second kappa shape index (κ2) is 10.0. The normalized spacial score (nSPS) is 12.8. The summed E-state index contributed by atoms with van der Waals surface area (Å²) in [6.07, 6.45) is 0.867. The fourth-order valence-electron chi connectivity index (χ4n) is 4.34. The van der Waals surface area contributed by atoms with Crippen LogP contribution in [0.1, 0.15) is 12.5 Å². The van der Waals surface area contributed by atoms with Gasteiger partial charge in [0.2, 0.25) is 0 Å². The molecular formula is C29H24N2O6. The summed E-state index contributed by atoms with van der Waals surface area (Å²) in [7, 11) is 0. The van der Waals surface area contributed by atoms with Gasteiger partial charge in [-0.2, -0.15) is 0 Å². The number of rotatable bonds is 8. The molecule has 8 heteroatoms. The van der Waals surface area contributed by atoms with Gasteiger partial charge < -0.3 is 24.6 Å².